The van der Waals surface area contributed by atoms with Crippen molar-refractivity contribution < 1.29 is 29.4 Å². The summed E-state index contributed by atoms with van der Waals surface area (Å²) < 4.78 is 0. The van der Waals surface area contributed by atoms with Crippen molar-refractivity contribution in [1.82, 2.24) is 20.9 Å². The number of aliphatic carboxylic acids is 1. The summed E-state index contributed by atoms with van der Waals surface area (Å²) in [5, 5.41) is 26.4. The number of carboxylic acid groups (broad SMARTS) is 1. The SMILES string of the molecule is CC(N)C(=O)NC(Cc1c[nH]c2ccccc12)C(=O)NCC(=O)NC(C(=O)O)C(C)O. The predicted octanol–water partition coefficient (Wildman–Crippen LogP) is -1.39. The number of nitrogens with one attached hydrogen (secondary N) is 4. The molecule has 4 unspecified atom stereocenters. The van der Waals surface area contributed by atoms with Gasteiger partial charge < -0.3 is 36.9 Å². The summed E-state index contributed by atoms with van der Waals surface area (Å²) in [4.78, 5) is 50.9. The highest BCUT2D eigenvalue weighted by Crippen LogP contribution is 2.19. The fourth-order valence-electron chi connectivity index (χ4n) is 2.94. The number of benzene rings is 1. The van der Waals surface area contributed by atoms with E-state index < -0.39 is 54.5 Å². The summed E-state index contributed by atoms with van der Waals surface area (Å²) in [6.07, 6.45) is 0.550. The van der Waals surface area contributed by atoms with E-state index in [0.717, 1.165) is 16.5 Å². The zero-order valence-electron chi connectivity index (χ0n) is 17.2. The Hall–Kier alpha value is -3.44. The zero-order valence-corrected chi connectivity index (χ0v) is 17.2. The van der Waals surface area contributed by atoms with Gasteiger partial charge in [0.2, 0.25) is 17.7 Å². The molecule has 0 saturated heterocycles. The molecule has 168 valence electrons. The van der Waals surface area contributed by atoms with Crippen LogP contribution in [0.4, 0.5) is 0 Å². The molecule has 3 amide bonds. The van der Waals surface area contributed by atoms with Crippen LogP contribution in [0.15, 0.2) is 30.5 Å². The molecule has 2 aromatic rings. The number of aliphatic hydroxyl groups is 1. The summed E-state index contributed by atoms with van der Waals surface area (Å²) in [5.41, 5.74) is 7.24. The number of aliphatic hydroxyl groups excluding tert-OH is 1. The lowest BCUT2D eigenvalue weighted by Gasteiger charge is -2.20. The van der Waals surface area contributed by atoms with E-state index >= 15 is 0 Å². The van der Waals surface area contributed by atoms with Gasteiger partial charge in [0, 0.05) is 23.5 Å². The monoisotopic (exact) mass is 433 g/mol. The average molecular weight is 433 g/mol. The number of aromatic amines is 1. The Labute approximate surface area is 178 Å². The maximum absolute atomic E-state index is 12.7. The molecule has 4 atom stereocenters. The predicted molar refractivity (Wildman–Crippen MR) is 112 cm³/mol. The third kappa shape index (κ3) is 6.52. The van der Waals surface area contributed by atoms with Crippen molar-refractivity contribution in [3.8, 4) is 0 Å². The smallest absolute Gasteiger partial charge is 0.328 e. The van der Waals surface area contributed by atoms with Crippen LogP contribution in [0.5, 0.6) is 0 Å². The molecule has 0 bridgehead atoms. The molecule has 8 N–H and O–H groups in total. The third-order valence-electron chi connectivity index (χ3n) is 4.63. The number of aromatic nitrogens is 1. The Bertz CT molecular complexity index is 954. The molecule has 0 saturated carbocycles. The van der Waals surface area contributed by atoms with Gasteiger partial charge in [0.25, 0.3) is 0 Å². The second-order valence-electron chi connectivity index (χ2n) is 7.26. The largest absolute Gasteiger partial charge is 0.480 e. The average Bonchev–Trinajstić information content (AvgIpc) is 3.12. The van der Waals surface area contributed by atoms with Gasteiger partial charge in [0.15, 0.2) is 6.04 Å². The van der Waals surface area contributed by atoms with Crippen molar-refractivity contribution >= 4 is 34.6 Å². The van der Waals surface area contributed by atoms with E-state index in [0.29, 0.717) is 0 Å². The number of amides is 3. The van der Waals surface area contributed by atoms with Gasteiger partial charge in [0.1, 0.15) is 6.04 Å². The minimum Gasteiger partial charge on any atom is -0.480 e. The van der Waals surface area contributed by atoms with Gasteiger partial charge >= 0.3 is 5.97 Å². The van der Waals surface area contributed by atoms with Gasteiger partial charge in [-0.15, -0.1) is 0 Å². The number of fused-ring (bicyclic) bond motifs is 1. The lowest BCUT2D eigenvalue weighted by molar-refractivity contribution is -0.144. The quantitative estimate of drug-likeness (QED) is 0.240. The van der Waals surface area contributed by atoms with E-state index in [1.807, 2.05) is 24.3 Å². The molecular formula is C20H27N5O6. The number of H-pyrrole nitrogens is 1. The van der Waals surface area contributed by atoms with Crippen LogP contribution >= 0.6 is 0 Å². The van der Waals surface area contributed by atoms with Gasteiger partial charge in [-0.3, -0.25) is 14.4 Å². The molecule has 2 rings (SSSR count). The Morgan fingerprint density at radius 1 is 1.10 bits per heavy atom. The summed E-state index contributed by atoms with van der Waals surface area (Å²) in [6, 6.07) is 4.09. The number of rotatable bonds is 10. The van der Waals surface area contributed by atoms with Crippen LogP contribution < -0.4 is 21.7 Å². The maximum Gasteiger partial charge on any atom is 0.328 e. The second-order valence-corrected chi connectivity index (χ2v) is 7.26. The molecule has 1 aromatic carbocycles. The molecule has 0 aliphatic carbocycles. The fraction of sp³-hybridized carbons (Fsp3) is 0.400. The number of carboxylic acids is 1. The van der Waals surface area contributed by atoms with Crippen molar-refractivity contribution in [2.75, 3.05) is 6.54 Å². The van der Waals surface area contributed by atoms with Crippen LogP contribution in [-0.4, -0.2) is 69.7 Å². The standard InChI is InChI=1S/C20H27N5O6/c1-10(21)18(28)24-15(7-12-8-22-14-6-4-3-5-13(12)14)19(29)23-9-16(27)25-17(11(2)26)20(30)31/h3-6,8,10-11,15,17,22,26H,7,9,21H2,1-2H3,(H,23,29)(H,24,28)(H,25,27)(H,30,31). The van der Waals surface area contributed by atoms with Gasteiger partial charge in [-0.2, -0.15) is 0 Å². The van der Waals surface area contributed by atoms with E-state index in [-0.39, 0.29) is 6.42 Å². The number of hydrogen-bond donors (Lipinski definition) is 7. The van der Waals surface area contributed by atoms with Gasteiger partial charge in [-0.25, -0.2) is 4.79 Å². The lowest BCUT2D eigenvalue weighted by atomic mass is 10.0. The first-order valence-electron chi connectivity index (χ1n) is 9.69. The normalized spacial score (nSPS) is 14.8. The van der Waals surface area contributed by atoms with Crippen LogP contribution in [0.1, 0.15) is 19.4 Å². The van der Waals surface area contributed by atoms with E-state index in [4.69, 9.17) is 10.8 Å². The first kappa shape index (κ1) is 23.8. The molecular weight excluding hydrogens is 406 g/mol. The third-order valence-corrected chi connectivity index (χ3v) is 4.63. The van der Waals surface area contributed by atoms with Crippen LogP contribution in [0.2, 0.25) is 0 Å². The number of nitrogens with two attached hydrogens (primary N) is 1. The Kier molecular flexibility index (Phi) is 8.11. The highest BCUT2D eigenvalue weighted by Gasteiger charge is 2.27. The molecule has 0 spiro atoms. The lowest BCUT2D eigenvalue weighted by Crippen LogP contribution is -2.54. The second kappa shape index (κ2) is 10.5. The highest BCUT2D eigenvalue weighted by atomic mass is 16.4. The fourth-order valence-corrected chi connectivity index (χ4v) is 2.94. The van der Waals surface area contributed by atoms with Crippen molar-refractivity contribution in [3.05, 3.63) is 36.0 Å². The van der Waals surface area contributed by atoms with Gasteiger partial charge in [-0.1, -0.05) is 18.2 Å². The minimum absolute atomic E-state index is 0.140. The van der Waals surface area contributed by atoms with Gasteiger partial charge in [-0.05, 0) is 25.5 Å². The number of para-hydroxylation sites is 1. The van der Waals surface area contributed by atoms with Crippen LogP contribution in [0.25, 0.3) is 10.9 Å². The van der Waals surface area contributed by atoms with Crippen molar-refractivity contribution in [1.29, 1.82) is 0 Å². The maximum atomic E-state index is 12.7. The Balaban J connectivity index is 2.08. The topological polar surface area (TPSA) is 187 Å². The zero-order chi connectivity index (χ0) is 23.1. The molecule has 0 aliphatic rings. The number of carbonyl (C=O) groups excluding carboxylic acids is 3. The summed E-state index contributed by atoms with van der Waals surface area (Å²) >= 11 is 0. The van der Waals surface area contributed by atoms with Crippen molar-refractivity contribution in [2.24, 2.45) is 5.73 Å². The van der Waals surface area contributed by atoms with E-state index in [1.165, 1.54) is 13.8 Å². The summed E-state index contributed by atoms with van der Waals surface area (Å²) in [6.45, 7) is 2.16. The van der Waals surface area contributed by atoms with Crippen molar-refractivity contribution in [2.45, 2.75) is 44.5 Å². The molecule has 11 heteroatoms. The van der Waals surface area contributed by atoms with Crippen molar-refractivity contribution in [3.63, 3.8) is 0 Å². The first-order valence-corrected chi connectivity index (χ1v) is 9.69. The van der Waals surface area contributed by atoms with Gasteiger partial charge in [0.05, 0.1) is 18.7 Å². The molecule has 1 aromatic heterocycles. The molecule has 0 aliphatic heterocycles. The first-order chi connectivity index (χ1) is 14.6. The summed E-state index contributed by atoms with van der Waals surface area (Å²) in [7, 11) is 0. The van der Waals surface area contributed by atoms with E-state index in [9.17, 15) is 24.3 Å². The van der Waals surface area contributed by atoms with Crippen LogP contribution in [-0.2, 0) is 25.6 Å². The van der Waals surface area contributed by atoms with E-state index in [2.05, 4.69) is 20.9 Å². The Morgan fingerprint density at radius 2 is 1.77 bits per heavy atom. The van der Waals surface area contributed by atoms with Crippen LogP contribution in [0.3, 0.4) is 0 Å². The number of carbonyl (C=O) groups is 4. The minimum atomic E-state index is -1.51. The molecule has 0 fully saturated rings. The van der Waals surface area contributed by atoms with E-state index in [1.54, 1.807) is 6.20 Å². The highest BCUT2D eigenvalue weighted by molar-refractivity contribution is 5.93. The molecule has 31 heavy (non-hydrogen) atoms. The Morgan fingerprint density at radius 3 is 2.39 bits per heavy atom. The molecule has 0 radical (unpaired) electrons. The molecule has 11 nitrogen and oxygen atoms in total. The summed E-state index contributed by atoms with van der Waals surface area (Å²) in [5.74, 6) is -3.38. The molecule has 1 heterocycles. The number of hydrogen-bond acceptors (Lipinski definition) is 6. The van der Waals surface area contributed by atoms with Crippen LogP contribution in [0, 0.1) is 0 Å².